The number of nitrogens with zero attached hydrogens (tertiary/aromatic N) is 1. The highest BCUT2D eigenvalue weighted by Crippen LogP contribution is 2.29. The highest BCUT2D eigenvalue weighted by Gasteiger charge is 2.25. The van der Waals surface area contributed by atoms with E-state index in [1.165, 1.54) is 24.8 Å². The predicted octanol–water partition coefficient (Wildman–Crippen LogP) is 4.27. The zero-order chi connectivity index (χ0) is 14.5. The van der Waals surface area contributed by atoms with Gasteiger partial charge in [-0.15, -0.1) is 0 Å². The Morgan fingerprint density at radius 3 is 2.70 bits per heavy atom. The summed E-state index contributed by atoms with van der Waals surface area (Å²) in [6.45, 7) is 3.12. The lowest BCUT2D eigenvalue weighted by atomic mass is 9.95. The highest BCUT2D eigenvalue weighted by molar-refractivity contribution is 6.31. The molecule has 2 rings (SSSR count). The summed E-state index contributed by atoms with van der Waals surface area (Å²) < 4.78 is 0. The molecule has 0 heterocycles. The monoisotopic (exact) mass is 295 g/mol. The van der Waals surface area contributed by atoms with Gasteiger partial charge in [0.05, 0.1) is 6.10 Å². The maximum Gasteiger partial charge on any atom is 0.0580 e. The Balaban J connectivity index is 2.00. The van der Waals surface area contributed by atoms with Crippen molar-refractivity contribution in [1.82, 2.24) is 4.90 Å². The van der Waals surface area contributed by atoms with Crippen LogP contribution in [0, 0.1) is 5.92 Å². The second-order valence-corrected chi connectivity index (χ2v) is 6.51. The molecule has 1 aliphatic rings. The van der Waals surface area contributed by atoms with Gasteiger partial charge in [0.1, 0.15) is 0 Å². The van der Waals surface area contributed by atoms with Crippen molar-refractivity contribution in [2.45, 2.75) is 51.2 Å². The van der Waals surface area contributed by atoms with Crippen LogP contribution in [0.15, 0.2) is 24.3 Å². The average Bonchev–Trinajstić information content (AvgIpc) is 2.64. The van der Waals surface area contributed by atoms with E-state index in [0.717, 1.165) is 24.4 Å². The van der Waals surface area contributed by atoms with Crippen LogP contribution >= 0.6 is 11.6 Å². The van der Waals surface area contributed by atoms with Gasteiger partial charge in [-0.2, -0.15) is 0 Å². The van der Waals surface area contributed by atoms with Crippen molar-refractivity contribution < 1.29 is 5.11 Å². The third kappa shape index (κ3) is 3.97. The second-order valence-electron chi connectivity index (χ2n) is 6.10. The standard InChI is InChI=1S/C17H26ClNO/c1-13(15-9-6-7-10-16(15)18)19(2)12-14-8-4-3-5-11-17(14)20/h6-7,9-10,13-14,17,20H,3-5,8,11-12H2,1-2H3. The van der Waals surface area contributed by atoms with Crippen LogP contribution in [0.3, 0.4) is 0 Å². The topological polar surface area (TPSA) is 23.5 Å². The van der Waals surface area contributed by atoms with Crippen molar-refractivity contribution in [3.63, 3.8) is 0 Å². The minimum atomic E-state index is -0.140. The van der Waals surface area contributed by atoms with E-state index in [4.69, 9.17) is 11.6 Å². The zero-order valence-electron chi connectivity index (χ0n) is 12.6. The van der Waals surface area contributed by atoms with Crippen LogP contribution in [0.2, 0.25) is 5.02 Å². The van der Waals surface area contributed by atoms with Gasteiger partial charge in [0, 0.05) is 17.6 Å². The number of aliphatic hydroxyl groups excluding tert-OH is 1. The van der Waals surface area contributed by atoms with Gasteiger partial charge in [-0.25, -0.2) is 0 Å². The fourth-order valence-corrected chi connectivity index (χ4v) is 3.45. The van der Waals surface area contributed by atoms with Crippen LogP contribution in [0.4, 0.5) is 0 Å². The molecule has 0 radical (unpaired) electrons. The summed E-state index contributed by atoms with van der Waals surface area (Å²) >= 11 is 6.28. The van der Waals surface area contributed by atoms with Gasteiger partial charge in [-0.1, -0.05) is 49.1 Å². The minimum Gasteiger partial charge on any atom is -0.393 e. The van der Waals surface area contributed by atoms with E-state index in [2.05, 4.69) is 24.9 Å². The van der Waals surface area contributed by atoms with Crippen molar-refractivity contribution in [3.05, 3.63) is 34.9 Å². The minimum absolute atomic E-state index is 0.140. The molecule has 1 aliphatic carbocycles. The molecular weight excluding hydrogens is 270 g/mol. The maximum absolute atomic E-state index is 10.3. The van der Waals surface area contributed by atoms with E-state index >= 15 is 0 Å². The summed E-state index contributed by atoms with van der Waals surface area (Å²) in [6, 6.07) is 8.31. The van der Waals surface area contributed by atoms with Crippen LogP contribution in [0.1, 0.15) is 50.6 Å². The van der Waals surface area contributed by atoms with Crippen molar-refractivity contribution in [2.75, 3.05) is 13.6 Å². The van der Waals surface area contributed by atoms with Gasteiger partial charge in [0.15, 0.2) is 0 Å². The second kappa shape index (κ2) is 7.44. The predicted molar refractivity (Wildman–Crippen MR) is 85.1 cm³/mol. The number of halogens is 1. The van der Waals surface area contributed by atoms with E-state index in [0.29, 0.717) is 5.92 Å². The molecule has 3 unspecified atom stereocenters. The number of rotatable bonds is 4. The number of benzene rings is 1. The summed E-state index contributed by atoms with van der Waals surface area (Å²) in [6.07, 6.45) is 5.63. The quantitative estimate of drug-likeness (QED) is 0.838. The van der Waals surface area contributed by atoms with Gasteiger partial charge in [0.25, 0.3) is 0 Å². The smallest absolute Gasteiger partial charge is 0.0580 e. The Hall–Kier alpha value is -0.570. The number of aliphatic hydroxyl groups is 1. The first-order valence-corrected chi connectivity index (χ1v) is 8.10. The fourth-order valence-electron chi connectivity index (χ4n) is 3.16. The molecule has 0 spiro atoms. The van der Waals surface area contributed by atoms with Crippen LogP contribution in [-0.2, 0) is 0 Å². The van der Waals surface area contributed by atoms with Gasteiger partial charge in [0.2, 0.25) is 0 Å². The molecule has 0 aromatic heterocycles. The lowest BCUT2D eigenvalue weighted by Crippen LogP contribution is -2.34. The molecule has 0 bridgehead atoms. The highest BCUT2D eigenvalue weighted by atomic mass is 35.5. The molecule has 3 atom stereocenters. The molecule has 0 aliphatic heterocycles. The van der Waals surface area contributed by atoms with E-state index in [9.17, 15) is 5.11 Å². The van der Waals surface area contributed by atoms with Crippen molar-refractivity contribution in [1.29, 1.82) is 0 Å². The molecule has 20 heavy (non-hydrogen) atoms. The van der Waals surface area contributed by atoms with Crippen molar-refractivity contribution >= 4 is 11.6 Å². The Morgan fingerprint density at radius 1 is 1.25 bits per heavy atom. The lowest BCUT2D eigenvalue weighted by Gasteiger charge is -2.31. The van der Waals surface area contributed by atoms with Crippen LogP contribution in [0.5, 0.6) is 0 Å². The molecule has 1 saturated carbocycles. The van der Waals surface area contributed by atoms with Crippen LogP contribution in [-0.4, -0.2) is 29.7 Å². The van der Waals surface area contributed by atoms with Crippen LogP contribution in [0.25, 0.3) is 0 Å². The van der Waals surface area contributed by atoms with Gasteiger partial charge >= 0.3 is 0 Å². The molecule has 3 heteroatoms. The molecule has 1 N–H and O–H groups in total. The largest absolute Gasteiger partial charge is 0.393 e. The zero-order valence-corrected chi connectivity index (χ0v) is 13.3. The normalized spacial score (nSPS) is 25.4. The first-order chi connectivity index (χ1) is 9.59. The molecule has 112 valence electrons. The fraction of sp³-hybridized carbons (Fsp3) is 0.647. The number of hydrogen-bond donors (Lipinski definition) is 1. The van der Waals surface area contributed by atoms with Crippen LogP contribution < -0.4 is 0 Å². The Bertz CT molecular complexity index is 423. The summed E-state index contributed by atoms with van der Waals surface area (Å²) in [4.78, 5) is 2.32. The first-order valence-electron chi connectivity index (χ1n) is 7.72. The van der Waals surface area contributed by atoms with E-state index in [1.807, 2.05) is 18.2 Å². The molecule has 0 amide bonds. The summed E-state index contributed by atoms with van der Waals surface area (Å²) in [7, 11) is 2.13. The average molecular weight is 296 g/mol. The van der Waals surface area contributed by atoms with Gasteiger partial charge < -0.3 is 5.11 Å². The SMILES string of the molecule is CC(c1ccccc1Cl)N(C)CC1CCCCCC1O. The summed E-state index contributed by atoms with van der Waals surface area (Å²) in [5, 5.41) is 11.1. The van der Waals surface area contributed by atoms with E-state index in [-0.39, 0.29) is 12.1 Å². The summed E-state index contributed by atoms with van der Waals surface area (Å²) in [5.74, 6) is 0.396. The Morgan fingerprint density at radius 2 is 1.95 bits per heavy atom. The first kappa shape index (κ1) is 15.8. The maximum atomic E-state index is 10.3. The molecule has 0 saturated heterocycles. The molecule has 1 fully saturated rings. The molecule has 1 aromatic carbocycles. The molecular formula is C17H26ClNO. The third-order valence-corrected chi connectivity index (χ3v) is 5.00. The molecule has 1 aromatic rings. The number of hydrogen-bond acceptors (Lipinski definition) is 2. The lowest BCUT2D eigenvalue weighted by molar-refractivity contribution is 0.0711. The Kier molecular flexibility index (Phi) is 5.88. The van der Waals surface area contributed by atoms with Crippen molar-refractivity contribution in [2.24, 2.45) is 5.92 Å². The van der Waals surface area contributed by atoms with E-state index < -0.39 is 0 Å². The van der Waals surface area contributed by atoms with Gasteiger partial charge in [-0.3, -0.25) is 4.90 Å². The summed E-state index contributed by atoms with van der Waals surface area (Å²) in [5.41, 5.74) is 1.17. The van der Waals surface area contributed by atoms with E-state index in [1.54, 1.807) is 0 Å². The van der Waals surface area contributed by atoms with Crippen molar-refractivity contribution in [3.8, 4) is 0 Å². The van der Waals surface area contributed by atoms with Gasteiger partial charge in [-0.05, 0) is 44.4 Å². The molecule has 2 nitrogen and oxygen atoms in total. The Labute approximate surface area is 127 Å². The third-order valence-electron chi connectivity index (χ3n) is 4.66.